The maximum absolute atomic E-state index is 11.8. The third-order valence-electron chi connectivity index (χ3n) is 3.12. The summed E-state index contributed by atoms with van der Waals surface area (Å²) in [7, 11) is 0. The van der Waals surface area contributed by atoms with Crippen LogP contribution in [0.1, 0.15) is 5.56 Å². The van der Waals surface area contributed by atoms with E-state index in [9.17, 15) is 4.79 Å². The van der Waals surface area contributed by atoms with Gasteiger partial charge in [0.25, 0.3) is 0 Å². The maximum atomic E-state index is 11.8. The minimum Gasteiger partial charge on any atom is -1.00 e. The molecule has 6 heteroatoms. The summed E-state index contributed by atoms with van der Waals surface area (Å²) in [6, 6.07) is 13.6. The number of hydrogen-bond acceptors (Lipinski definition) is 2. The van der Waals surface area contributed by atoms with E-state index < -0.39 is 0 Å². The zero-order chi connectivity index (χ0) is 14.5. The lowest BCUT2D eigenvalue weighted by molar-refractivity contribution is -0.684. The average molecular weight is 315 g/mol. The Kier molecular flexibility index (Phi) is 5.27. The van der Waals surface area contributed by atoms with E-state index in [-0.39, 0.29) is 24.9 Å². The topological polar surface area (TPSA) is 61.1 Å². The highest BCUT2D eigenvalue weighted by atomic mass is 35.5. The van der Waals surface area contributed by atoms with Gasteiger partial charge < -0.3 is 17.4 Å². The van der Waals surface area contributed by atoms with Gasteiger partial charge in [0, 0.05) is 34.8 Å². The van der Waals surface area contributed by atoms with Crippen molar-refractivity contribution in [2.24, 2.45) is 5.10 Å². The molecule has 3 rings (SSSR count). The van der Waals surface area contributed by atoms with E-state index in [1.54, 1.807) is 10.8 Å². The van der Waals surface area contributed by atoms with Crippen LogP contribution in [0.2, 0.25) is 0 Å². The van der Waals surface area contributed by atoms with Gasteiger partial charge in [-0.1, -0.05) is 24.3 Å². The van der Waals surface area contributed by atoms with Crippen LogP contribution in [0, 0.1) is 0 Å². The van der Waals surface area contributed by atoms with E-state index in [0.717, 1.165) is 16.5 Å². The smallest absolute Gasteiger partial charge is 0.305 e. The molecular weight excluding hydrogens is 300 g/mol. The highest BCUT2D eigenvalue weighted by molar-refractivity contribution is 5.99. The Morgan fingerprint density at radius 1 is 1.18 bits per heavy atom. The van der Waals surface area contributed by atoms with Crippen LogP contribution in [0.5, 0.6) is 0 Å². The molecule has 0 saturated carbocycles. The number of nitrogens with one attached hydrogen (secondary N) is 2. The van der Waals surface area contributed by atoms with Crippen LogP contribution in [0.4, 0.5) is 0 Å². The molecule has 2 aromatic heterocycles. The number of aromatic nitrogens is 2. The van der Waals surface area contributed by atoms with E-state index >= 15 is 0 Å². The molecule has 112 valence electrons. The van der Waals surface area contributed by atoms with Crippen LogP contribution in [0.15, 0.2) is 66.2 Å². The first-order valence-corrected chi connectivity index (χ1v) is 6.65. The number of halogens is 1. The second-order valence-corrected chi connectivity index (χ2v) is 4.63. The molecule has 0 spiro atoms. The zero-order valence-corrected chi connectivity index (χ0v) is 12.5. The minimum atomic E-state index is -0.165. The summed E-state index contributed by atoms with van der Waals surface area (Å²) in [4.78, 5) is 14.9. The predicted octanol–water partition coefficient (Wildman–Crippen LogP) is -1.39. The number of fused-ring (bicyclic) bond motifs is 1. The molecule has 2 N–H and O–H groups in total. The second kappa shape index (κ2) is 7.38. The molecule has 1 amide bonds. The average Bonchev–Trinajstić information content (AvgIpc) is 2.92. The van der Waals surface area contributed by atoms with Gasteiger partial charge >= 0.3 is 5.91 Å². The first-order chi connectivity index (χ1) is 10.3. The second-order valence-electron chi connectivity index (χ2n) is 4.63. The van der Waals surface area contributed by atoms with Gasteiger partial charge in [-0.25, -0.2) is 5.43 Å². The number of benzene rings is 1. The first kappa shape index (κ1) is 15.7. The number of aromatic amines is 1. The van der Waals surface area contributed by atoms with Crippen molar-refractivity contribution in [1.29, 1.82) is 0 Å². The Bertz CT molecular complexity index is 783. The molecule has 1 aromatic carbocycles. The lowest BCUT2D eigenvalue weighted by Crippen LogP contribution is -3.00. The van der Waals surface area contributed by atoms with Gasteiger partial charge in [0.05, 0.1) is 6.21 Å². The Hall–Kier alpha value is -2.66. The van der Waals surface area contributed by atoms with Crippen molar-refractivity contribution >= 4 is 23.0 Å². The van der Waals surface area contributed by atoms with E-state index in [1.165, 1.54) is 0 Å². The fourth-order valence-electron chi connectivity index (χ4n) is 2.12. The van der Waals surface area contributed by atoms with Crippen molar-refractivity contribution < 1.29 is 21.8 Å². The van der Waals surface area contributed by atoms with Crippen molar-refractivity contribution in [2.75, 3.05) is 0 Å². The van der Waals surface area contributed by atoms with Crippen LogP contribution < -0.4 is 22.4 Å². The Morgan fingerprint density at radius 2 is 1.95 bits per heavy atom. The maximum Gasteiger partial charge on any atom is 0.305 e. The quantitative estimate of drug-likeness (QED) is 0.348. The number of nitrogens with zero attached hydrogens (tertiary/aromatic N) is 2. The lowest BCUT2D eigenvalue weighted by Gasteiger charge is -1.96. The van der Waals surface area contributed by atoms with Gasteiger partial charge in [0.15, 0.2) is 12.4 Å². The molecule has 0 aliphatic carbocycles. The molecule has 22 heavy (non-hydrogen) atoms. The highest BCUT2D eigenvalue weighted by Gasteiger charge is 2.06. The molecule has 0 unspecified atom stereocenters. The van der Waals surface area contributed by atoms with Crippen molar-refractivity contribution in [2.45, 2.75) is 6.54 Å². The van der Waals surface area contributed by atoms with E-state index in [0.29, 0.717) is 0 Å². The van der Waals surface area contributed by atoms with Gasteiger partial charge in [0.2, 0.25) is 6.54 Å². The number of para-hydroxylation sites is 1. The largest absolute Gasteiger partial charge is 1.00 e. The van der Waals surface area contributed by atoms with Crippen molar-refractivity contribution in [3.8, 4) is 0 Å². The van der Waals surface area contributed by atoms with Gasteiger partial charge in [0.1, 0.15) is 0 Å². The Labute approximate surface area is 134 Å². The van der Waals surface area contributed by atoms with Crippen LogP contribution in [0.3, 0.4) is 0 Å². The number of H-pyrrole nitrogens is 1. The number of amides is 1. The fourth-order valence-corrected chi connectivity index (χ4v) is 2.12. The van der Waals surface area contributed by atoms with Crippen molar-refractivity contribution in [3.63, 3.8) is 0 Å². The van der Waals surface area contributed by atoms with Crippen molar-refractivity contribution in [3.05, 3.63) is 66.6 Å². The van der Waals surface area contributed by atoms with Crippen LogP contribution >= 0.6 is 0 Å². The molecule has 0 saturated heterocycles. The van der Waals surface area contributed by atoms with E-state index in [1.807, 2.05) is 61.1 Å². The summed E-state index contributed by atoms with van der Waals surface area (Å²) >= 11 is 0. The van der Waals surface area contributed by atoms with Gasteiger partial charge in [-0.15, -0.1) is 0 Å². The molecule has 0 bridgehead atoms. The molecule has 0 radical (unpaired) electrons. The zero-order valence-electron chi connectivity index (χ0n) is 11.7. The SMILES string of the molecule is O=C(C[n+]1ccccc1)N/N=C/c1c[nH]c2ccccc12.[Cl-]. The monoisotopic (exact) mass is 314 g/mol. The van der Waals surface area contributed by atoms with Gasteiger partial charge in [-0.3, -0.25) is 4.79 Å². The number of pyridine rings is 1. The van der Waals surface area contributed by atoms with E-state index in [4.69, 9.17) is 0 Å². The van der Waals surface area contributed by atoms with Crippen LogP contribution in [0.25, 0.3) is 10.9 Å². The molecule has 3 aromatic rings. The number of hydrazone groups is 1. The molecule has 0 aliphatic rings. The van der Waals surface area contributed by atoms with E-state index in [2.05, 4.69) is 15.5 Å². The lowest BCUT2D eigenvalue weighted by atomic mass is 10.2. The number of hydrogen-bond donors (Lipinski definition) is 2. The summed E-state index contributed by atoms with van der Waals surface area (Å²) in [5.74, 6) is -0.165. The normalized spacial score (nSPS) is 10.5. The van der Waals surface area contributed by atoms with Crippen LogP contribution in [-0.4, -0.2) is 17.1 Å². The summed E-state index contributed by atoms with van der Waals surface area (Å²) < 4.78 is 1.79. The number of carbonyl (C=O) groups excluding carboxylic acids is 1. The van der Waals surface area contributed by atoms with Gasteiger partial charge in [-0.05, 0) is 6.07 Å². The predicted molar refractivity (Wildman–Crippen MR) is 80.7 cm³/mol. The first-order valence-electron chi connectivity index (χ1n) is 6.65. The number of rotatable bonds is 4. The summed E-state index contributed by atoms with van der Waals surface area (Å²) in [6.07, 6.45) is 7.19. The van der Waals surface area contributed by atoms with Crippen molar-refractivity contribution in [1.82, 2.24) is 10.4 Å². The number of carbonyl (C=O) groups is 1. The minimum absolute atomic E-state index is 0. The molecular formula is C16H15ClN4O. The molecule has 0 aliphatic heterocycles. The van der Waals surface area contributed by atoms with Crippen LogP contribution in [-0.2, 0) is 11.3 Å². The summed E-state index contributed by atoms with van der Waals surface area (Å²) in [5.41, 5.74) is 4.52. The third kappa shape index (κ3) is 3.71. The third-order valence-corrected chi connectivity index (χ3v) is 3.12. The highest BCUT2D eigenvalue weighted by Crippen LogP contribution is 2.15. The van der Waals surface area contributed by atoms with Gasteiger partial charge in [-0.2, -0.15) is 9.67 Å². The summed E-state index contributed by atoms with van der Waals surface area (Å²) in [5, 5.41) is 5.08. The molecule has 5 nitrogen and oxygen atoms in total. The Morgan fingerprint density at radius 3 is 2.77 bits per heavy atom. The molecule has 2 heterocycles. The molecule has 0 atom stereocenters. The molecule has 0 fully saturated rings. The fraction of sp³-hybridized carbons (Fsp3) is 0.0625. The summed E-state index contributed by atoms with van der Waals surface area (Å²) in [6.45, 7) is 0.242. The standard InChI is InChI=1S/C16H14N4O.ClH/c21-16(12-20-8-4-1-5-9-20)19-18-11-13-10-17-15-7-3-2-6-14(13)15;/h1-11H,12H2,(H-,17,18,19,21);1H. The Balaban J connectivity index is 0.00000176.